The number of hydrogen-bond donors (Lipinski definition) is 1. The van der Waals surface area contributed by atoms with Crippen LogP contribution in [0.1, 0.15) is 50.9 Å². The van der Waals surface area contributed by atoms with Gasteiger partial charge in [0.25, 0.3) is 0 Å². The van der Waals surface area contributed by atoms with Gasteiger partial charge in [-0.05, 0) is 58.6 Å². The fourth-order valence-corrected chi connectivity index (χ4v) is 3.71. The Hall–Kier alpha value is -1.66. The van der Waals surface area contributed by atoms with Crippen molar-refractivity contribution in [2.75, 3.05) is 25.5 Å². The smallest absolute Gasteiger partial charge is 0.410 e. The summed E-state index contributed by atoms with van der Waals surface area (Å²) < 4.78 is 10.2. The van der Waals surface area contributed by atoms with E-state index in [0.29, 0.717) is 29.7 Å². The fraction of sp³-hybridized carbons (Fsp3) is 0.600. The lowest BCUT2D eigenvalue weighted by Crippen LogP contribution is -2.44. The highest BCUT2D eigenvalue weighted by Crippen LogP contribution is 2.32. The largest absolute Gasteiger partial charge is 0.465 e. The van der Waals surface area contributed by atoms with E-state index >= 15 is 0 Å². The molecule has 6 nitrogen and oxygen atoms in total. The third-order valence-electron chi connectivity index (χ3n) is 4.74. The average molecular weight is 431 g/mol. The Morgan fingerprint density at radius 3 is 2.32 bits per heavy atom. The zero-order valence-corrected chi connectivity index (χ0v) is 18.5. The number of carbonyl (C=O) groups excluding carboxylic acids is 2. The lowest BCUT2D eigenvalue weighted by molar-refractivity contribution is 0.0179. The van der Waals surface area contributed by atoms with Crippen LogP contribution >= 0.6 is 23.2 Å². The number of likely N-dealkylation sites (tertiary alicyclic amines) is 1. The molecule has 2 rings (SSSR count). The summed E-state index contributed by atoms with van der Waals surface area (Å²) in [4.78, 5) is 25.8. The number of benzene rings is 1. The first-order chi connectivity index (χ1) is 13.0. The van der Waals surface area contributed by atoms with E-state index in [2.05, 4.69) is 12.2 Å². The molecule has 0 spiro atoms. The van der Waals surface area contributed by atoms with Crippen molar-refractivity contribution in [2.45, 2.75) is 52.2 Å². The molecule has 0 unspecified atom stereocenters. The first kappa shape index (κ1) is 22.6. The number of methoxy groups -OCH3 is 1. The van der Waals surface area contributed by atoms with Gasteiger partial charge in [-0.15, -0.1) is 0 Å². The molecule has 1 amide bonds. The van der Waals surface area contributed by atoms with Crippen LogP contribution in [0, 0.1) is 5.92 Å². The number of nitrogens with one attached hydrogen (secondary N) is 1. The Morgan fingerprint density at radius 1 is 1.18 bits per heavy atom. The highest BCUT2D eigenvalue weighted by atomic mass is 35.5. The molecular weight excluding hydrogens is 403 g/mol. The second-order valence-corrected chi connectivity index (χ2v) is 8.86. The van der Waals surface area contributed by atoms with E-state index in [4.69, 9.17) is 32.7 Å². The van der Waals surface area contributed by atoms with Gasteiger partial charge in [-0.1, -0.05) is 23.2 Å². The number of piperidine rings is 1. The molecule has 8 heteroatoms. The van der Waals surface area contributed by atoms with Crippen molar-refractivity contribution in [1.29, 1.82) is 0 Å². The normalized spacial score (nSPS) is 16.5. The van der Waals surface area contributed by atoms with Crippen molar-refractivity contribution in [3.05, 3.63) is 27.7 Å². The van der Waals surface area contributed by atoms with Crippen LogP contribution in [-0.2, 0) is 9.47 Å². The zero-order valence-electron chi connectivity index (χ0n) is 17.0. The van der Waals surface area contributed by atoms with Gasteiger partial charge in [0, 0.05) is 19.1 Å². The van der Waals surface area contributed by atoms with Gasteiger partial charge in [-0.2, -0.15) is 0 Å². The third-order valence-corrected chi connectivity index (χ3v) is 5.37. The number of halogens is 2. The van der Waals surface area contributed by atoms with E-state index in [-0.39, 0.29) is 22.7 Å². The molecule has 1 aliphatic heterocycles. The summed E-state index contributed by atoms with van der Waals surface area (Å²) in [5.41, 5.74) is 0.405. The molecule has 0 saturated carbocycles. The van der Waals surface area contributed by atoms with Crippen LogP contribution in [0.4, 0.5) is 10.5 Å². The molecule has 1 fully saturated rings. The predicted octanol–water partition coefficient (Wildman–Crippen LogP) is 5.23. The summed E-state index contributed by atoms with van der Waals surface area (Å²) in [6.07, 6.45) is 1.43. The molecule has 1 N–H and O–H groups in total. The molecule has 1 heterocycles. The minimum atomic E-state index is -0.511. The number of hydrogen-bond acceptors (Lipinski definition) is 5. The van der Waals surface area contributed by atoms with Gasteiger partial charge in [-0.25, -0.2) is 9.59 Å². The van der Waals surface area contributed by atoms with Crippen molar-refractivity contribution < 1.29 is 19.1 Å². The molecule has 0 bridgehead atoms. The maximum Gasteiger partial charge on any atom is 0.410 e. The zero-order chi connectivity index (χ0) is 21.1. The van der Waals surface area contributed by atoms with Gasteiger partial charge < -0.3 is 19.7 Å². The number of amides is 1. The van der Waals surface area contributed by atoms with Crippen molar-refractivity contribution in [1.82, 2.24) is 4.90 Å². The SMILES string of the molecule is COC(=O)c1cc(N[C@@H](C)C2CCN(C(=O)OC(C)(C)C)CC2)c(Cl)cc1Cl. The first-order valence-electron chi connectivity index (χ1n) is 9.33. The lowest BCUT2D eigenvalue weighted by atomic mass is 9.90. The fourth-order valence-electron chi connectivity index (χ4n) is 3.20. The van der Waals surface area contributed by atoms with E-state index in [9.17, 15) is 9.59 Å². The molecule has 1 aliphatic rings. The van der Waals surface area contributed by atoms with Gasteiger partial charge in [0.15, 0.2) is 0 Å². The Labute approximate surface area is 176 Å². The quantitative estimate of drug-likeness (QED) is 0.662. The number of anilines is 1. The lowest BCUT2D eigenvalue weighted by Gasteiger charge is -2.36. The standard InChI is InChI=1S/C20H28Cl2N2O4/c1-12(13-6-8-24(9-7-13)19(26)28-20(2,3)4)23-17-10-14(18(25)27-5)15(21)11-16(17)22/h10-13,23H,6-9H2,1-5H3/t12-/m0/s1. The third kappa shape index (κ3) is 5.92. The van der Waals surface area contributed by atoms with Crippen LogP contribution in [-0.4, -0.2) is 48.8 Å². The van der Waals surface area contributed by atoms with E-state index in [0.717, 1.165) is 12.8 Å². The second kappa shape index (κ2) is 9.23. The Morgan fingerprint density at radius 2 is 1.79 bits per heavy atom. The molecule has 0 aromatic heterocycles. The van der Waals surface area contributed by atoms with Crippen molar-refractivity contribution in [3.63, 3.8) is 0 Å². The van der Waals surface area contributed by atoms with Gasteiger partial charge in [0.05, 0.1) is 28.4 Å². The van der Waals surface area contributed by atoms with Crippen LogP contribution < -0.4 is 5.32 Å². The minimum absolute atomic E-state index is 0.102. The Bertz CT molecular complexity index is 726. The number of carbonyl (C=O) groups is 2. The van der Waals surface area contributed by atoms with Crippen molar-refractivity contribution in [2.24, 2.45) is 5.92 Å². The molecule has 1 saturated heterocycles. The second-order valence-electron chi connectivity index (χ2n) is 8.04. The van der Waals surface area contributed by atoms with E-state index in [1.54, 1.807) is 11.0 Å². The molecule has 28 heavy (non-hydrogen) atoms. The first-order valence-corrected chi connectivity index (χ1v) is 10.1. The van der Waals surface area contributed by atoms with Gasteiger partial charge in [0.2, 0.25) is 0 Å². The molecule has 0 aliphatic carbocycles. The monoisotopic (exact) mass is 430 g/mol. The molecule has 156 valence electrons. The summed E-state index contributed by atoms with van der Waals surface area (Å²) in [5, 5.41) is 4.07. The minimum Gasteiger partial charge on any atom is -0.465 e. The molecule has 1 aromatic rings. The molecule has 1 atom stereocenters. The summed E-state index contributed by atoms with van der Waals surface area (Å²) in [6, 6.07) is 3.25. The van der Waals surface area contributed by atoms with E-state index in [1.165, 1.54) is 13.2 Å². The predicted molar refractivity (Wildman–Crippen MR) is 111 cm³/mol. The number of nitrogens with zero attached hydrogens (tertiary/aromatic N) is 1. The highest BCUT2D eigenvalue weighted by molar-refractivity contribution is 6.38. The average Bonchev–Trinajstić information content (AvgIpc) is 2.62. The molecule has 0 radical (unpaired) electrons. The Balaban J connectivity index is 1.99. The Kier molecular flexibility index (Phi) is 7.46. The summed E-state index contributed by atoms with van der Waals surface area (Å²) >= 11 is 12.4. The highest BCUT2D eigenvalue weighted by Gasteiger charge is 2.29. The van der Waals surface area contributed by atoms with Crippen molar-refractivity contribution in [3.8, 4) is 0 Å². The van der Waals surface area contributed by atoms with Gasteiger partial charge in [0.1, 0.15) is 5.60 Å². The van der Waals surface area contributed by atoms with Crippen LogP contribution in [0.25, 0.3) is 0 Å². The van der Waals surface area contributed by atoms with E-state index in [1.807, 2.05) is 20.8 Å². The molecular formula is C20H28Cl2N2O4. The summed E-state index contributed by atoms with van der Waals surface area (Å²) in [6.45, 7) is 8.95. The van der Waals surface area contributed by atoms with Crippen LogP contribution in [0.5, 0.6) is 0 Å². The number of rotatable bonds is 4. The number of ether oxygens (including phenoxy) is 2. The van der Waals surface area contributed by atoms with Gasteiger partial charge in [-0.3, -0.25) is 0 Å². The van der Waals surface area contributed by atoms with Crippen molar-refractivity contribution >= 4 is 41.0 Å². The maximum absolute atomic E-state index is 12.2. The summed E-state index contributed by atoms with van der Waals surface area (Å²) in [5.74, 6) is -0.157. The molecule has 1 aromatic carbocycles. The van der Waals surface area contributed by atoms with Crippen LogP contribution in [0.15, 0.2) is 12.1 Å². The summed E-state index contributed by atoms with van der Waals surface area (Å²) in [7, 11) is 1.31. The van der Waals surface area contributed by atoms with Crippen LogP contribution in [0.2, 0.25) is 10.0 Å². The number of esters is 1. The topological polar surface area (TPSA) is 67.9 Å². The maximum atomic E-state index is 12.2. The van der Waals surface area contributed by atoms with Gasteiger partial charge >= 0.3 is 12.1 Å². The van der Waals surface area contributed by atoms with E-state index < -0.39 is 11.6 Å². The van der Waals surface area contributed by atoms with Crippen LogP contribution in [0.3, 0.4) is 0 Å².